The lowest BCUT2D eigenvalue weighted by Crippen LogP contribution is -2.36. The van der Waals surface area contributed by atoms with Gasteiger partial charge in [0, 0.05) is 0 Å². The molecule has 10 heteroatoms. The Labute approximate surface area is 167 Å². The molecule has 0 saturated carbocycles. The second kappa shape index (κ2) is 15.2. The predicted octanol–water partition coefficient (Wildman–Crippen LogP) is 2.35. The maximum Gasteiger partial charge on any atom is 0.306 e. The third-order valence-corrected chi connectivity index (χ3v) is 4.96. The Morgan fingerprint density at radius 1 is 1.04 bits per heavy atom. The number of thioether (sulfide) groups is 2. The van der Waals surface area contributed by atoms with Gasteiger partial charge in [0.05, 0.1) is 34.3 Å². The van der Waals surface area contributed by atoms with Crippen molar-refractivity contribution < 1.29 is 19.4 Å². The number of carbonyl (C=O) groups excluding carboxylic acids is 1. The van der Waals surface area contributed by atoms with Gasteiger partial charge in [0.25, 0.3) is 0 Å². The lowest BCUT2D eigenvalue weighted by molar-refractivity contribution is -0.151. The van der Waals surface area contributed by atoms with Gasteiger partial charge in [-0.15, -0.1) is 23.5 Å². The van der Waals surface area contributed by atoms with Crippen LogP contribution < -0.4 is 10.6 Å². The molecule has 0 heterocycles. The van der Waals surface area contributed by atoms with Crippen LogP contribution in [0.15, 0.2) is 24.6 Å². The lowest BCUT2D eigenvalue weighted by atomic mass is 10.3. The summed E-state index contributed by atoms with van der Waals surface area (Å²) in [6.45, 7) is 0.722. The summed E-state index contributed by atoms with van der Waals surface area (Å²) in [5.74, 6) is -1.59. The summed E-state index contributed by atoms with van der Waals surface area (Å²) < 4.78 is 6.76. The van der Waals surface area contributed by atoms with Crippen LogP contribution in [0.4, 0.5) is 0 Å². The van der Waals surface area contributed by atoms with Crippen LogP contribution in [0.3, 0.4) is 0 Å². The van der Waals surface area contributed by atoms with Crippen molar-refractivity contribution in [2.75, 3.05) is 25.6 Å². The fraction of sp³-hybridized carbons (Fsp3) is 0.467. The van der Waals surface area contributed by atoms with Crippen molar-refractivity contribution in [2.45, 2.75) is 18.9 Å². The molecule has 0 fully saturated rings. The Hall–Kier alpha value is -1.10. The molecular formula is C15H22N2O4S4. The number of ether oxygens (including phenoxy) is 1. The van der Waals surface area contributed by atoms with Crippen molar-refractivity contribution >= 4 is 68.3 Å². The minimum Gasteiger partial charge on any atom is -0.481 e. The van der Waals surface area contributed by atoms with Crippen LogP contribution in [-0.2, 0) is 14.3 Å². The van der Waals surface area contributed by atoms with Crippen LogP contribution in [0, 0.1) is 0 Å². The van der Waals surface area contributed by atoms with Crippen molar-refractivity contribution in [3.63, 3.8) is 0 Å². The Morgan fingerprint density at radius 3 is 1.92 bits per heavy atom. The normalized spacial score (nSPS) is 11.0. The minimum absolute atomic E-state index is 0.162. The van der Waals surface area contributed by atoms with Crippen LogP contribution in [0.1, 0.15) is 12.8 Å². The summed E-state index contributed by atoms with van der Waals surface area (Å²) in [6, 6.07) is 0. The molecular weight excluding hydrogens is 400 g/mol. The average molecular weight is 423 g/mol. The van der Waals surface area contributed by atoms with E-state index in [2.05, 4.69) is 10.6 Å². The topological polar surface area (TPSA) is 87.7 Å². The van der Waals surface area contributed by atoms with Gasteiger partial charge in [0.15, 0.2) is 0 Å². The molecule has 25 heavy (non-hydrogen) atoms. The highest BCUT2D eigenvalue weighted by atomic mass is 32.2. The van der Waals surface area contributed by atoms with Gasteiger partial charge in [0.2, 0.25) is 0 Å². The van der Waals surface area contributed by atoms with Gasteiger partial charge < -0.3 is 20.5 Å². The third-order valence-electron chi connectivity index (χ3n) is 2.61. The fourth-order valence-electron chi connectivity index (χ4n) is 1.40. The first-order chi connectivity index (χ1) is 11.9. The lowest BCUT2D eigenvalue weighted by Gasteiger charge is -2.18. The van der Waals surface area contributed by atoms with Crippen molar-refractivity contribution in [1.82, 2.24) is 10.6 Å². The van der Waals surface area contributed by atoms with E-state index in [4.69, 9.17) is 34.3 Å². The van der Waals surface area contributed by atoms with E-state index in [9.17, 15) is 9.59 Å². The first-order valence-corrected chi connectivity index (χ1v) is 10.5. The number of nitrogens with one attached hydrogen (secondary N) is 2. The van der Waals surface area contributed by atoms with E-state index in [1.807, 2.05) is 12.5 Å². The molecule has 0 bridgehead atoms. The molecule has 0 unspecified atom stereocenters. The van der Waals surface area contributed by atoms with Gasteiger partial charge in [-0.3, -0.25) is 9.59 Å². The maximum absolute atomic E-state index is 11.7. The first kappa shape index (κ1) is 23.9. The summed E-state index contributed by atoms with van der Waals surface area (Å²) in [6.07, 6.45) is 9.75. The van der Waals surface area contributed by atoms with Crippen molar-refractivity contribution in [1.29, 1.82) is 0 Å². The summed E-state index contributed by atoms with van der Waals surface area (Å²) in [4.78, 5) is 22.2. The Morgan fingerprint density at radius 2 is 1.52 bits per heavy atom. The van der Waals surface area contributed by atoms with Gasteiger partial charge in [0.1, 0.15) is 6.10 Å². The molecule has 0 saturated heterocycles. The molecule has 0 aromatic rings. The van der Waals surface area contributed by atoms with Crippen molar-refractivity contribution in [2.24, 2.45) is 0 Å². The molecule has 0 aromatic heterocycles. The van der Waals surface area contributed by atoms with Crippen LogP contribution >= 0.6 is 48.0 Å². The highest BCUT2D eigenvalue weighted by molar-refractivity contribution is 8.23. The number of esters is 1. The van der Waals surface area contributed by atoms with Gasteiger partial charge in [-0.1, -0.05) is 24.4 Å². The van der Waals surface area contributed by atoms with E-state index in [1.165, 1.54) is 23.5 Å². The van der Waals surface area contributed by atoms with Gasteiger partial charge in [-0.25, -0.2) is 0 Å². The number of rotatable bonds is 12. The summed E-state index contributed by atoms with van der Waals surface area (Å²) in [5, 5.41) is 14.6. The van der Waals surface area contributed by atoms with Gasteiger partial charge >= 0.3 is 11.9 Å². The number of carboxylic acids is 1. The van der Waals surface area contributed by atoms with Crippen LogP contribution in [-0.4, -0.2) is 57.1 Å². The SMILES string of the molecule is CSC(=S)/C=C\NCC(CN/C=C\C(=S)SC)OC(=O)CCC(=O)O. The summed E-state index contributed by atoms with van der Waals surface area (Å²) >= 11 is 13.0. The van der Waals surface area contributed by atoms with Crippen molar-refractivity contribution in [3.8, 4) is 0 Å². The molecule has 0 aliphatic carbocycles. The van der Waals surface area contributed by atoms with E-state index in [1.54, 1.807) is 24.6 Å². The highest BCUT2D eigenvalue weighted by Crippen LogP contribution is 2.01. The smallest absolute Gasteiger partial charge is 0.306 e. The second-order valence-corrected chi connectivity index (χ2v) is 7.63. The molecule has 0 spiro atoms. The highest BCUT2D eigenvalue weighted by Gasteiger charge is 2.14. The van der Waals surface area contributed by atoms with Crippen LogP contribution in [0.2, 0.25) is 0 Å². The largest absolute Gasteiger partial charge is 0.481 e. The molecule has 0 amide bonds. The summed E-state index contributed by atoms with van der Waals surface area (Å²) in [5.41, 5.74) is 0. The number of carbonyl (C=O) groups is 2. The molecule has 6 nitrogen and oxygen atoms in total. The van der Waals surface area contributed by atoms with E-state index in [0.717, 1.165) is 8.39 Å². The van der Waals surface area contributed by atoms with E-state index < -0.39 is 18.0 Å². The fourth-order valence-corrected chi connectivity index (χ4v) is 1.94. The zero-order valence-corrected chi connectivity index (χ0v) is 17.3. The maximum atomic E-state index is 11.7. The minimum atomic E-state index is -1.04. The monoisotopic (exact) mass is 422 g/mol. The van der Waals surface area contributed by atoms with Crippen LogP contribution in [0.5, 0.6) is 0 Å². The number of aliphatic carboxylic acids is 1. The van der Waals surface area contributed by atoms with Crippen LogP contribution in [0.25, 0.3) is 0 Å². The second-order valence-electron chi connectivity index (χ2n) is 4.54. The Kier molecular flexibility index (Phi) is 14.5. The molecule has 3 N–H and O–H groups in total. The number of carboxylic acid groups (broad SMARTS) is 1. The number of hydrogen-bond acceptors (Lipinski definition) is 9. The van der Waals surface area contributed by atoms with Crippen molar-refractivity contribution in [3.05, 3.63) is 24.6 Å². The molecule has 0 radical (unpaired) electrons. The molecule has 0 rings (SSSR count). The third kappa shape index (κ3) is 14.9. The standard InChI is InChI=1S/C15H22N2O4S4/c1-24-14(22)5-7-16-9-11(10-17-8-6-15(23)25-2)21-13(20)4-3-12(18)19/h5-8,11,16-17H,3-4,9-10H2,1-2H3,(H,18,19)/b7-5-,8-6-. The first-order valence-electron chi connectivity index (χ1n) is 7.26. The molecule has 0 aliphatic rings. The molecule has 140 valence electrons. The Bertz CT molecular complexity index is 494. The van der Waals surface area contributed by atoms with E-state index >= 15 is 0 Å². The molecule has 0 aromatic carbocycles. The quantitative estimate of drug-likeness (QED) is 0.247. The summed E-state index contributed by atoms with van der Waals surface area (Å²) in [7, 11) is 0. The average Bonchev–Trinajstić information content (AvgIpc) is 2.59. The predicted molar refractivity (Wildman–Crippen MR) is 113 cm³/mol. The number of hydrogen-bond donors (Lipinski definition) is 3. The molecule has 0 aliphatic heterocycles. The Balaban J connectivity index is 4.47. The van der Waals surface area contributed by atoms with Gasteiger partial charge in [-0.2, -0.15) is 0 Å². The zero-order chi connectivity index (χ0) is 19.1. The number of thiocarbonyl (C=S) groups is 2. The van der Waals surface area contributed by atoms with E-state index in [-0.39, 0.29) is 12.8 Å². The zero-order valence-electron chi connectivity index (χ0n) is 14.0. The molecule has 0 atom stereocenters. The van der Waals surface area contributed by atoms with E-state index in [0.29, 0.717) is 13.1 Å². The van der Waals surface area contributed by atoms with Gasteiger partial charge in [-0.05, 0) is 37.1 Å².